The highest BCUT2D eigenvalue weighted by Gasteiger charge is 2.12. The van der Waals surface area contributed by atoms with Crippen LogP contribution in [0.3, 0.4) is 0 Å². The van der Waals surface area contributed by atoms with E-state index in [1.807, 2.05) is 0 Å². The molecule has 3 N–H and O–H groups in total. The number of aromatic carboxylic acids is 1. The summed E-state index contributed by atoms with van der Waals surface area (Å²) in [6, 6.07) is 15.8. The van der Waals surface area contributed by atoms with Gasteiger partial charge in [-0.3, -0.25) is 4.79 Å². The lowest BCUT2D eigenvalue weighted by atomic mass is 10.1. The van der Waals surface area contributed by atoms with Crippen LogP contribution >= 0.6 is 0 Å². The summed E-state index contributed by atoms with van der Waals surface area (Å²) in [5.74, 6) is -0.445. The summed E-state index contributed by atoms with van der Waals surface area (Å²) in [7, 11) is 0. The number of aromatic nitrogens is 1. The second-order valence-corrected chi connectivity index (χ2v) is 5.68. The lowest BCUT2D eigenvalue weighted by molar-refractivity contribution is -0.115. The van der Waals surface area contributed by atoms with Crippen molar-refractivity contribution in [1.82, 2.24) is 4.98 Å². The van der Waals surface area contributed by atoms with Gasteiger partial charge in [-0.05, 0) is 42.0 Å². The van der Waals surface area contributed by atoms with Crippen LogP contribution in [0, 0.1) is 0 Å². The van der Waals surface area contributed by atoms with Gasteiger partial charge < -0.3 is 20.3 Å². The van der Waals surface area contributed by atoms with E-state index in [0.29, 0.717) is 17.2 Å². The molecule has 1 amide bonds. The second kappa shape index (κ2) is 8.01. The average Bonchev–Trinajstić information content (AvgIpc) is 2.65. The highest BCUT2D eigenvalue weighted by atomic mass is 16.5. The van der Waals surface area contributed by atoms with Crippen molar-refractivity contribution in [3.05, 3.63) is 78.0 Å². The molecule has 1 aromatic heterocycles. The van der Waals surface area contributed by atoms with Crippen LogP contribution in [0.4, 0.5) is 5.69 Å². The van der Waals surface area contributed by atoms with E-state index in [0.717, 1.165) is 0 Å². The van der Waals surface area contributed by atoms with Crippen LogP contribution in [0.25, 0.3) is 0 Å². The van der Waals surface area contributed by atoms with Gasteiger partial charge in [0.05, 0.1) is 17.7 Å². The molecule has 3 aromatic rings. The van der Waals surface area contributed by atoms with E-state index >= 15 is 0 Å². The van der Waals surface area contributed by atoms with E-state index in [2.05, 4.69) is 10.3 Å². The smallest absolute Gasteiger partial charge is 0.337 e. The third-order valence-corrected chi connectivity index (χ3v) is 3.65. The number of phenols is 1. The fraction of sp³-hybridized carbons (Fsp3) is 0.0500. The number of rotatable bonds is 6. The summed E-state index contributed by atoms with van der Waals surface area (Å²) in [6.45, 7) is 0. The van der Waals surface area contributed by atoms with Crippen molar-refractivity contribution >= 4 is 17.6 Å². The lowest BCUT2D eigenvalue weighted by Crippen LogP contribution is -2.16. The number of carbonyl (C=O) groups excluding carboxylic acids is 1. The summed E-state index contributed by atoms with van der Waals surface area (Å²) in [4.78, 5) is 27.5. The minimum Gasteiger partial charge on any atom is -0.508 e. The lowest BCUT2D eigenvalue weighted by Gasteiger charge is -2.09. The number of hydrogen-bond acceptors (Lipinski definition) is 5. The van der Waals surface area contributed by atoms with Crippen LogP contribution in [0.5, 0.6) is 17.4 Å². The molecule has 0 radical (unpaired) electrons. The number of carboxylic acids is 1. The first-order valence-corrected chi connectivity index (χ1v) is 8.05. The molecular formula is C20H16N2O5. The zero-order valence-corrected chi connectivity index (χ0v) is 14.1. The maximum Gasteiger partial charge on any atom is 0.337 e. The van der Waals surface area contributed by atoms with E-state index in [4.69, 9.17) is 9.84 Å². The number of carboxylic acid groups (broad SMARTS) is 1. The van der Waals surface area contributed by atoms with E-state index in [-0.39, 0.29) is 29.3 Å². The molecule has 7 heteroatoms. The number of amides is 1. The largest absolute Gasteiger partial charge is 0.508 e. The van der Waals surface area contributed by atoms with Crippen molar-refractivity contribution in [1.29, 1.82) is 0 Å². The number of nitrogens with zero attached hydrogens (tertiary/aromatic N) is 1. The number of ether oxygens (including phenoxy) is 1. The summed E-state index contributed by atoms with van der Waals surface area (Å²) in [6.07, 6.45) is 1.55. The standard InChI is InChI=1S/C20H16N2O5/c23-14-6-8-15(9-7-14)27-19-10-5-13(12-21-19)11-18(24)22-17-4-2-1-3-16(17)20(25)26/h1-10,12,23H,11H2,(H,22,24)(H,25,26). The van der Waals surface area contributed by atoms with Crippen molar-refractivity contribution in [2.24, 2.45) is 0 Å². The maximum atomic E-state index is 12.2. The molecule has 1 heterocycles. The number of benzene rings is 2. The minimum absolute atomic E-state index is 0.0293. The summed E-state index contributed by atoms with van der Waals surface area (Å²) >= 11 is 0. The zero-order valence-electron chi connectivity index (χ0n) is 14.1. The van der Waals surface area contributed by atoms with Crippen molar-refractivity contribution in [2.45, 2.75) is 6.42 Å². The molecule has 0 fully saturated rings. The highest BCUT2D eigenvalue weighted by Crippen LogP contribution is 2.22. The Kier molecular flexibility index (Phi) is 5.32. The van der Waals surface area contributed by atoms with Crippen LogP contribution in [0.15, 0.2) is 66.9 Å². The van der Waals surface area contributed by atoms with Gasteiger partial charge in [-0.15, -0.1) is 0 Å². The molecule has 0 bridgehead atoms. The van der Waals surface area contributed by atoms with Crippen molar-refractivity contribution in [3.63, 3.8) is 0 Å². The average molecular weight is 364 g/mol. The minimum atomic E-state index is -1.11. The number of phenolic OH excluding ortho intramolecular Hbond substituents is 1. The van der Waals surface area contributed by atoms with Gasteiger partial charge in [-0.1, -0.05) is 18.2 Å². The molecule has 0 saturated heterocycles. The molecule has 7 nitrogen and oxygen atoms in total. The monoisotopic (exact) mass is 364 g/mol. The number of aromatic hydroxyl groups is 1. The Morgan fingerprint density at radius 1 is 1.00 bits per heavy atom. The highest BCUT2D eigenvalue weighted by molar-refractivity contribution is 6.00. The summed E-state index contributed by atoms with van der Waals surface area (Å²) < 4.78 is 5.54. The second-order valence-electron chi connectivity index (χ2n) is 5.68. The van der Waals surface area contributed by atoms with E-state index in [1.54, 1.807) is 36.4 Å². The number of carbonyl (C=O) groups is 2. The molecule has 0 spiro atoms. The third kappa shape index (κ3) is 4.82. The third-order valence-electron chi connectivity index (χ3n) is 3.65. The number of nitrogens with one attached hydrogen (secondary N) is 1. The summed E-state index contributed by atoms with van der Waals surface area (Å²) in [5, 5.41) is 21.0. The number of anilines is 1. The zero-order chi connectivity index (χ0) is 19.2. The fourth-order valence-electron chi connectivity index (χ4n) is 2.37. The predicted octanol–water partition coefficient (Wildman–Crippen LogP) is 3.46. The first-order chi connectivity index (χ1) is 13.0. The summed E-state index contributed by atoms with van der Waals surface area (Å²) in [5.41, 5.74) is 0.926. The van der Waals surface area contributed by atoms with Crippen LogP contribution in [-0.4, -0.2) is 27.1 Å². The van der Waals surface area contributed by atoms with Gasteiger partial charge in [-0.25, -0.2) is 9.78 Å². The molecule has 0 saturated carbocycles. The molecule has 0 unspecified atom stereocenters. The fourth-order valence-corrected chi connectivity index (χ4v) is 2.37. The van der Waals surface area contributed by atoms with Crippen molar-refractivity contribution in [2.75, 3.05) is 5.32 Å². The number of para-hydroxylation sites is 1. The van der Waals surface area contributed by atoms with Gasteiger partial charge in [-0.2, -0.15) is 0 Å². The quantitative estimate of drug-likeness (QED) is 0.618. The van der Waals surface area contributed by atoms with Gasteiger partial charge in [0, 0.05) is 12.3 Å². The van der Waals surface area contributed by atoms with Gasteiger partial charge in [0.1, 0.15) is 11.5 Å². The first-order valence-electron chi connectivity index (χ1n) is 8.05. The van der Waals surface area contributed by atoms with Crippen LogP contribution in [0.1, 0.15) is 15.9 Å². The maximum absolute atomic E-state index is 12.2. The first kappa shape index (κ1) is 17.9. The molecule has 27 heavy (non-hydrogen) atoms. The number of hydrogen-bond donors (Lipinski definition) is 3. The Balaban J connectivity index is 1.62. The van der Waals surface area contributed by atoms with E-state index in [1.165, 1.54) is 30.5 Å². The molecule has 0 aliphatic rings. The molecule has 0 atom stereocenters. The molecule has 2 aromatic carbocycles. The Labute approximate surface area is 154 Å². The Hall–Kier alpha value is -3.87. The van der Waals surface area contributed by atoms with Crippen LogP contribution < -0.4 is 10.1 Å². The van der Waals surface area contributed by atoms with Crippen molar-refractivity contribution in [3.8, 4) is 17.4 Å². The molecule has 0 aliphatic carbocycles. The molecule has 0 aliphatic heterocycles. The van der Waals surface area contributed by atoms with E-state index in [9.17, 15) is 14.7 Å². The Bertz CT molecular complexity index is 953. The Morgan fingerprint density at radius 2 is 1.74 bits per heavy atom. The number of pyridine rings is 1. The van der Waals surface area contributed by atoms with Gasteiger partial charge in [0.25, 0.3) is 0 Å². The molecule has 3 rings (SSSR count). The Morgan fingerprint density at radius 3 is 2.41 bits per heavy atom. The SMILES string of the molecule is O=C(Cc1ccc(Oc2ccc(O)cc2)nc1)Nc1ccccc1C(=O)O. The van der Waals surface area contributed by atoms with Gasteiger partial charge >= 0.3 is 5.97 Å². The van der Waals surface area contributed by atoms with Gasteiger partial charge in [0.2, 0.25) is 11.8 Å². The molecule has 136 valence electrons. The van der Waals surface area contributed by atoms with E-state index < -0.39 is 5.97 Å². The van der Waals surface area contributed by atoms with Crippen LogP contribution in [-0.2, 0) is 11.2 Å². The molecular weight excluding hydrogens is 348 g/mol. The van der Waals surface area contributed by atoms with Crippen LogP contribution in [0.2, 0.25) is 0 Å². The predicted molar refractivity (Wildman–Crippen MR) is 98.2 cm³/mol. The topological polar surface area (TPSA) is 109 Å². The van der Waals surface area contributed by atoms with Gasteiger partial charge in [0.15, 0.2) is 0 Å². The van der Waals surface area contributed by atoms with Crippen molar-refractivity contribution < 1.29 is 24.5 Å². The normalized spacial score (nSPS) is 10.2.